The van der Waals surface area contributed by atoms with Crippen LogP contribution in [0.5, 0.6) is 0 Å². The van der Waals surface area contributed by atoms with Crippen molar-refractivity contribution in [3.8, 4) is 0 Å². The summed E-state index contributed by atoms with van der Waals surface area (Å²) in [4.78, 5) is 14.6. The molecule has 0 unspecified atom stereocenters. The summed E-state index contributed by atoms with van der Waals surface area (Å²) in [6.45, 7) is 4.19. The third kappa shape index (κ3) is 3.22. The molecule has 0 aliphatic carbocycles. The smallest absolute Gasteiger partial charge is 0.282 e. The van der Waals surface area contributed by atoms with Crippen molar-refractivity contribution in [2.45, 2.75) is 20.4 Å². The molecule has 1 heterocycles. The van der Waals surface area contributed by atoms with Crippen LogP contribution in [-0.2, 0) is 6.54 Å². The number of nitro benzene ring substituents is 1. The standard InChI is InChI=1S/C12H12IN3O3/c1-7-8(2)19-12(15-7)6-14-9-3-4-11(16(17)18)10(13)5-9/h3-5,14H,6H2,1-2H3. The lowest BCUT2D eigenvalue weighted by Crippen LogP contribution is -2.01. The summed E-state index contributed by atoms with van der Waals surface area (Å²) < 4.78 is 6.03. The van der Waals surface area contributed by atoms with Gasteiger partial charge in [-0.3, -0.25) is 10.1 Å². The van der Waals surface area contributed by atoms with Crippen LogP contribution in [0.3, 0.4) is 0 Å². The van der Waals surface area contributed by atoms with Gasteiger partial charge in [-0.15, -0.1) is 0 Å². The number of nitrogens with one attached hydrogen (secondary N) is 1. The van der Waals surface area contributed by atoms with Crippen molar-refractivity contribution < 1.29 is 9.34 Å². The van der Waals surface area contributed by atoms with E-state index in [0.717, 1.165) is 17.1 Å². The summed E-state index contributed by atoms with van der Waals surface area (Å²) in [5.74, 6) is 1.40. The van der Waals surface area contributed by atoms with Gasteiger partial charge in [0.2, 0.25) is 5.89 Å². The fourth-order valence-electron chi connectivity index (χ4n) is 1.56. The SMILES string of the molecule is Cc1nc(CNc2ccc([N+](=O)[O-])c(I)c2)oc1C. The van der Waals surface area contributed by atoms with Gasteiger partial charge in [0.1, 0.15) is 5.76 Å². The van der Waals surface area contributed by atoms with Crippen molar-refractivity contribution in [3.63, 3.8) is 0 Å². The Bertz CT molecular complexity index is 605. The van der Waals surface area contributed by atoms with E-state index in [1.54, 1.807) is 12.1 Å². The lowest BCUT2D eigenvalue weighted by molar-refractivity contribution is -0.385. The number of anilines is 1. The first-order valence-electron chi connectivity index (χ1n) is 5.58. The first-order valence-corrected chi connectivity index (χ1v) is 6.66. The molecule has 0 atom stereocenters. The number of hydrogen-bond acceptors (Lipinski definition) is 5. The highest BCUT2D eigenvalue weighted by Crippen LogP contribution is 2.24. The zero-order valence-corrected chi connectivity index (χ0v) is 12.6. The average Bonchev–Trinajstić information content (AvgIpc) is 2.66. The maximum atomic E-state index is 10.7. The van der Waals surface area contributed by atoms with Crippen molar-refractivity contribution in [1.82, 2.24) is 4.98 Å². The van der Waals surface area contributed by atoms with Crippen molar-refractivity contribution in [1.29, 1.82) is 0 Å². The molecule has 1 aromatic carbocycles. The molecule has 2 aromatic rings. The van der Waals surface area contributed by atoms with Crippen molar-refractivity contribution in [2.75, 3.05) is 5.32 Å². The fraction of sp³-hybridized carbons (Fsp3) is 0.250. The number of benzene rings is 1. The molecule has 100 valence electrons. The Morgan fingerprint density at radius 3 is 2.74 bits per heavy atom. The average molecular weight is 373 g/mol. The Balaban J connectivity index is 2.08. The molecule has 2 rings (SSSR count). The first kappa shape index (κ1) is 13.8. The van der Waals surface area contributed by atoms with Gasteiger partial charge < -0.3 is 9.73 Å². The van der Waals surface area contributed by atoms with E-state index in [1.165, 1.54) is 6.07 Å². The third-order valence-corrected chi connectivity index (χ3v) is 3.52. The topological polar surface area (TPSA) is 81.2 Å². The van der Waals surface area contributed by atoms with E-state index in [-0.39, 0.29) is 5.69 Å². The van der Waals surface area contributed by atoms with Crippen LogP contribution in [-0.4, -0.2) is 9.91 Å². The lowest BCUT2D eigenvalue weighted by Gasteiger charge is -2.04. The molecule has 0 radical (unpaired) electrons. The highest BCUT2D eigenvalue weighted by atomic mass is 127. The third-order valence-electron chi connectivity index (χ3n) is 2.66. The molecule has 0 saturated carbocycles. The largest absolute Gasteiger partial charge is 0.444 e. The quantitative estimate of drug-likeness (QED) is 0.505. The lowest BCUT2D eigenvalue weighted by atomic mass is 10.3. The van der Waals surface area contributed by atoms with Gasteiger partial charge in [-0.25, -0.2) is 4.98 Å². The van der Waals surface area contributed by atoms with E-state index in [0.29, 0.717) is 16.0 Å². The summed E-state index contributed by atoms with van der Waals surface area (Å²) in [7, 11) is 0. The number of rotatable bonds is 4. The molecule has 1 aromatic heterocycles. The second-order valence-electron chi connectivity index (χ2n) is 4.03. The number of oxazole rings is 1. The maximum Gasteiger partial charge on any atom is 0.282 e. The van der Waals surface area contributed by atoms with Crippen LogP contribution >= 0.6 is 22.6 Å². The minimum Gasteiger partial charge on any atom is -0.444 e. The normalized spacial score (nSPS) is 10.5. The van der Waals surface area contributed by atoms with Gasteiger partial charge in [-0.2, -0.15) is 0 Å². The van der Waals surface area contributed by atoms with Crippen LogP contribution in [0.4, 0.5) is 11.4 Å². The molecule has 0 aliphatic rings. The number of hydrogen-bond donors (Lipinski definition) is 1. The Labute approximate surface area is 123 Å². The van der Waals surface area contributed by atoms with Gasteiger partial charge in [0.05, 0.1) is 20.7 Å². The molecule has 0 amide bonds. The molecule has 0 spiro atoms. The molecular weight excluding hydrogens is 361 g/mol. The number of aryl methyl sites for hydroxylation is 2. The molecule has 0 fully saturated rings. The summed E-state index contributed by atoms with van der Waals surface area (Å²) in [6, 6.07) is 4.88. The first-order chi connectivity index (χ1) is 8.97. The Morgan fingerprint density at radius 2 is 2.21 bits per heavy atom. The van der Waals surface area contributed by atoms with E-state index in [4.69, 9.17) is 4.42 Å². The van der Waals surface area contributed by atoms with E-state index < -0.39 is 4.92 Å². The van der Waals surface area contributed by atoms with Crippen LogP contribution in [0.1, 0.15) is 17.3 Å². The second-order valence-corrected chi connectivity index (χ2v) is 5.19. The van der Waals surface area contributed by atoms with Crippen molar-refractivity contribution in [3.05, 3.63) is 49.2 Å². The molecular formula is C12H12IN3O3. The van der Waals surface area contributed by atoms with Crippen molar-refractivity contribution >= 4 is 34.0 Å². The molecule has 19 heavy (non-hydrogen) atoms. The molecule has 1 N–H and O–H groups in total. The van der Waals surface area contributed by atoms with Crippen molar-refractivity contribution in [2.24, 2.45) is 0 Å². The Hall–Kier alpha value is -1.64. The summed E-state index contributed by atoms with van der Waals surface area (Å²) >= 11 is 1.94. The Morgan fingerprint density at radius 1 is 1.47 bits per heavy atom. The van der Waals surface area contributed by atoms with Gasteiger partial charge in [0.15, 0.2) is 0 Å². The van der Waals surface area contributed by atoms with Gasteiger partial charge in [0.25, 0.3) is 5.69 Å². The minimum absolute atomic E-state index is 0.106. The highest BCUT2D eigenvalue weighted by Gasteiger charge is 2.12. The summed E-state index contributed by atoms with van der Waals surface area (Å²) in [5.41, 5.74) is 1.77. The monoisotopic (exact) mass is 373 g/mol. The molecule has 6 nitrogen and oxygen atoms in total. The number of nitrogens with zero attached hydrogens (tertiary/aromatic N) is 2. The Kier molecular flexibility index (Phi) is 4.03. The van der Waals surface area contributed by atoms with Gasteiger partial charge in [-0.1, -0.05) is 0 Å². The van der Waals surface area contributed by atoms with Gasteiger partial charge in [-0.05, 0) is 48.6 Å². The summed E-state index contributed by atoms with van der Waals surface area (Å²) in [5, 5.41) is 13.8. The van der Waals surface area contributed by atoms with Gasteiger partial charge in [0, 0.05) is 11.8 Å². The van der Waals surface area contributed by atoms with Crippen LogP contribution in [0.2, 0.25) is 0 Å². The predicted octanol–water partition coefficient (Wildman–Crippen LogP) is 3.42. The molecule has 0 aliphatic heterocycles. The van der Waals surface area contributed by atoms with E-state index in [1.807, 2.05) is 36.4 Å². The predicted molar refractivity (Wildman–Crippen MR) is 79.1 cm³/mol. The van der Waals surface area contributed by atoms with Crippen LogP contribution in [0.25, 0.3) is 0 Å². The molecule has 7 heteroatoms. The van der Waals surface area contributed by atoms with E-state index >= 15 is 0 Å². The van der Waals surface area contributed by atoms with E-state index in [2.05, 4.69) is 10.3 Å². The van der Waals surface area contributed by atoms with Crippen LogP contribution < -0.4 is 5.32 Å². The number of aromatic nitrogens is 1. The van der Waals surface area contributed by atoms with Gasteiger partial charge >= 0.3 is 0 Å². The number of nitro groups is 1. The zero-order chi connectivity index (χ0) is 14.0. The molecule has 0 saturated heterocycles. The summed E-state index contributed by atoms with van der Waals surface area (Å²) in [6.07, 6.45) is 0. The molecule has 0 bridgehead atoms. The maximum absolute atomic E-state index is 10.7. The van der Waals surface area contributed by atoms with Crippen LogP contribution in [0.15, 0.2) is 22.6 Å². The zero-order valence-electron chi connectivity index (χ0n) is 10.4. The highest BCUT2D eigenvalue weighted by molar-refractivity contribution is 14.1. The van der Waals surface area contributed by atoms with Crippen LogP contribution in [0, 0.1) is 27.5 Å². The van der Waals surface area contributed by atoms with E-state index in [9.17, 15) is 10.1 Å². The second kappa shape index (κ2) is 5.55. The minimum atomic E-state index is -0.396. The fourth-order valence-corrected chi connectivity index (χ4v) is 2.27. The number of halogens is 1.